The Kier molecular flexibility index (Phi) is 13.1. The van der Waals surface area contributed by atoms with Crippen LogP contribution in [0.3, 0.4) is 0 Å². The van der Waals surface area contributed by atoms with Crippen molar-refractivity contribution >= 4 is 39.5 Å². The van der Waals surface area contributed by atoms with Gasteiger partial charge in [-0.2, -0.15) is 12.7 Å². The van der Waals surface area contributed by atoms with E-state index in [1.165, 1.54) is 4.31 Å². The van der Waals surface area contributed by atoms with E-state index in [0.717, 1.165) is 96.4 Å². The number of rotatable bonds is 16. The highest BCUT2D eigenvalue weighted by atomic mass is 32.2. The van der Waals surface area contributed by atoms with Gasteiger partial charge in [0, 0.05) is 49.9 Å². The molecular formula is C48H79N5O7S. The van der Waals surface area contributed by atoms with Crippen LogP contribution in [0.15, 0.2) is 0 Å². The molecule has 344 valence electrons. The summed E-state index contributed by atoms with van der Waals surface area (Å²) in [5.41, 5.74) is -2.05. The van der Waals surface area contributed by atoms with Crippen molar-refractivity contribution in [1.82, 2.24) is 24.1 Å². The van der Waals surface area contributed by atoms with Gasteiger partial charge in [-0.1, -0.05) is 80.1 Å². The number of hydrogen-bond donors (Lipinski definition) is 2. The summed E-state index contributed by atoms with van der Waals surface area (Å²) in [6, 6.07) is -1.51. The lowest BCUT2D eigenvalue weighted by atomic mass is 9.73. The molecule has 3 aliphatic heterocycles. The van der Waals surface area contributed by atoms with Crippen LogP contribution in [0.1, 0.15) is 177 Å². The van der Waals surface area contributed by atoms with Crippen molar-refractivity contribution in [3.8, 4) is 0 Å². The molecule has 7 fully saturated rings. The Morgan fingerprint density at radius 2 is 1.44 bits per heavy atom. The van der Waals surface area contributed by atoms with Crippen molar-refractivity contribution in [2.45, 2.75) is 202 Å². The Bertz CT molecular complexity index is 1810. The van der Waals surface area contributed by atoms with Crippen molar-refractivity contribution in [2.75, 3.05) is 26.2 Å². The molecule has 7 aliphatic rings. The highest BCUT2D eigenvalue weighted by molar-refractivity contribution is 7.87. The highest BCUT2D eigenvalue weighted by Gasteiger charge is 2.85. The SMILES string of the molecule is CCC[C@@H]1C[C@]1(CC(=O)[C@@H]1C[C@@]2(CN1C(=O)[C@@H](CC(=O)[C@@H](NC(=O)[C@@H]1CCCCN1C(C)C)C1CCCCC1)C(C)(C)C)C(C)(C)C21CCC1)C(=O)NS(=O)(=O)N1CCCC1. The molecule has 7 atom stereocenters. The van der Waals surface area contributed by atoms with Crippen LogP contribution in [0, 0.1) is 44.8 Å². The van der Waals surface area contributed by atoms with Gasteiger partial charge in [0.1, 0.15) is 0 Å². The number of hydrogen-bond acceptors (Lipinski definition) is 8. The molecule has 7 rings (SSSR count). The third kappa shape index (κ3) is 8.29. The largest absolute Gasteiger partial charge is 0.345 e. The molecule has 0 bridgehead atoms. The van der Waals surface area contributed by atoms with Crippen LogP contribution < -0.4 is 10.0 Å². The minimum Gasteiger partial charge on any atom is -0.345 e. The van der Waals surface area contributed by atoms with Gasteiger partial charge in [0.05, 0.1) is 23.5 Å². The van der Waals surface area contributed by atoms with E-state index in [1.807, 2.05) is 27.7 Å². The molecule has 4 saturated carbocycles. The fourth-order valence-corrected chi connectivity index (χ4v) is 15.1. The fourth-order valence-electron chi connectivity index (χ4n) is 13.8. The minimum atomic E-state index is -4.03. The predicted octanol–water partition coefficient (Wildman–Crippen LogP) is 6.96. The third-order valence-electron chi connectivity index (χ3n) is 17.9. The standard InChI is InChI=1S/C48H79N5O7S/c1-9-18-34-28-46(34,43(58)50-61(59,60)51-24-15-16-25-51)30-39(55)37-29-48(45(7,8)47(48)22-17-23-47)31-53(37)42(57)35(44(4,5)6)27-38(54)40(33-19-11-10-12-20-33)49-41(56)36-21-13-14-26-52(36)32(2)3/h32-37,40H,9-31H2,1-8H3,(H,49,56)(H,50,58)/t34-,35-,36+,37+,40+,46-,48-/m1/s1. The van der Waals surface area contributed by atoms with Crippen molar-refractivity contribution in [1.29, 1.82) is 0 Å². The lowest BCUT2D eigenvalue weighted by Gasteiger charge is -2.40. The number of carbonyl (C=O) groups is 5. The van der Waals surface area contributed by atoms with Crippen LogP contribution >= 0.6 is 0 Å². The first-order valence-corrected chi connectivity index (χ1v) is 25.8. The lowest BCUT2D eigenvalue weighted by Crippen LogP contribution is -2.57. The van der Waals surface area contributed by atoms with Gasteiger partial charge in [0.25, 0.3) is 0 Å². The Labute approximate surface area is 367 Å². The molecule has 0 unspecified atom stereocenters. The smallest absolute Gasteiger partial charge is 0.303 e. The average molecular weight is 870 g/mol. The van der Waals surface area contributed by atoms with Gasteiger partial charge in [-0.3, -0.25) is 28.9 Å². The molecule has 3 saturated heterocycles. The summed E-state index contributed by atoms with van der Waals surface area (Å²) >= 11 is 0. The van der Waals surface area contributed by atoms with Crippen LogP contribution in [-0.2, 0) is 34.2 Å². The molecule has 0 aromatic rings. The van der Waals surface area contributed by atoms with Gasteiger partial charge in [0.2, 0.25) is 17.7 Å². The monoisotopic (exact) mass is 870 g/mol. The van der Waals surface area contributed by atoms with E-state index >= 15 is 9.59 Å². The molecule has 0 radical (unpaired) electrons. The first-order chi connectivity index (χ1) is 28.7. The lowest BCUT2D eigenvalue weighted by molar-refractivity contribution is -0.147. The van der Waals surface area contributed by atoms with Crippen LogP contribution in [0.25, 0.3) is 0 Å². The predicted molar refractivity (Wildman–Crippen MR) is 236 cm³/mol. The first-order valence-electron chi connectivity index (χ1n) is 24.4. The molecule has 2 N–H and O–H groups in total. The Balaban J connectivity index is 1.16. The number of likely N-dealkylation sites (tertiary alicyclic amines) is 2. The van der Waals surface area contributed by atoms with Gasteiger partial charge < -0.3 is 10.2 Å². The maximum Gasteiger partial charge on any atom is 0.303 e. The molecule has 0 aromatic heterocycles. The average Bonchev–Trinajstić information content (AvgIpc) is 3.64. The summed E-state index contributed by atoms with van der Waals surface area (Å²) in [6.07, 6.45) is 14.7. The molecule has 2 spiro atoms. The molecule has 13 heteroatoms. The van der Waals surface area contributed by atoms with E-state index in [-0.39, 0.29) is 76.4 Å². The highest BCUT2D eigenvalue weighted by Crippen LogP contribution is 2.88. The molecular weight excluding hydrogens is 791 g/mol. The number of piperidine rings is 1. The second kappa shape index (κ2) is 17.2. The summed E-state index contributed by atoms with van der Waals surface area (Å²) in [5, 5.41) is 3.29. The zero-order valence-electron chi connectivity index (χ0n) is 38.9. The zero-order chi connectivity index (χ0) is 44.3. The number of nitrogens with zero attached hydrogens (tertiary/aromatic N) is 3. The number of nitrogens with one attached hydrogen (secondary N) is 2. The summed E-state index contributed by atoms with van der Waals surface area (Å²) < 4.78 is 30.4. The fraction of sp³-hybridized carbons (Fsp3) is 0.896. The van der Waals surface area contributed by atoms with E-state index in [9.17, 15) is 22.8 Å². The van der Waals surface area contributed by atoms with Gasteiger partial charge in [-0.25, -0.2) is 4.72 Å². The van der Waals surface area contributed by atoms with E-state index in [2.05, 4.69) is 42.6 Å². The first kappa shape index (κ1) is 46.6. The molecule has 12 nitrogen and oxygen atoms in total. The molecule has 3 heterocycles. The second-order valence-corrected chi connectivity index (χ2v) is 24.3. The van der Waals surface area contributed by atoms with E-state index in [0.29, 0.717) is 38.9 Å². The summed E-state index contributed by atoms with van der Waals surface area (Å²) in [6.45, 7) is 18.9. The summed E-state index contributed by atoms with van der Waals surface area (Å²) in [4.78, 5) is 77.7. The quantitative estimate of drug-likeness (QED) is 0.169. The molecule has 0 aromatic carbocycles. The van der Waals surface area contributed by atoms with E-state index in [4.69, 9.17) is 0 Å². The second-order valence-electron chi connectivity index (χ2n) is 22.7. The number of Topliss-reactive ketones (excluding diaryl/α,β-unsaturated/α-hetero) is 2. The number of amides is 3. The number of fused-ring (bicyclic) bond motifs is 1. The van der Waals surface area contributed by atoms with Crippen molar-refractivity contribution in [3.05, 3.63) is 0 Å². The normalized spacial score (nSPS) is 32.4. The van der Waals surface area contributed by atoms with E-state index < -0.39 is 44.9 Å². The molecule has 4 aliphatic carbocycles. The van der Waals surface area contributed by atoms with Gasteiger partial charge >= 0.3 is 10.2 Å². The maximum absolute atomic E-state index is 15.5. The number of carbonyl (C=O) groups excluding carboxylic acids is 5. The molecule has 3 amide bonds. The van der Waals surface area contributed by atoms with Crippen molar-refractivity contribution in [2.24, 2.45) is 44.8 Å². The van der Waals surface area contributed by atoms with E-state index in [1.54, 1.807) is 4.90 Å². The third-order valence-corrected chi connectivity index (χ3v) is 19.4. The Morgan fingerprint density at radius 3 is 2.02 bits per heavy atom. The zero-order valence-corrected chi connectivity index (χ0v) is 39.7. The van der Waals surface area contributed by atoms with Crippen molar-refractivity contribution in [3.63, 3.8) is 0 Å². The van der Waals surface area contributed by atoms with Crippen LogP contribution in [0.4, 0.5) is 0 Å². The van der Waals surface area contributed by atoms with Crippen LogP contribution in [-0.4, -0.2) is 102 Å². The Hall–Kier alpha value is -2.38. The van der Waals surface area contributed by atoms with Crippen molar-refractivity contribution < 1.29 is 32.4 Å². The Morgan fingerprint density at radius 1 is 0.803 bits per heavy atom. The van der Waals surface area contributed by atoms with Gasteiger partial charge in [-0.05, 0) is 119 Å². The maximum atomic E-state index is 15.5. The van der Waals surface area contributed by atoms with Crippen LogP contribution in [0.5, 0.6) is 0 Å². The summed E-state index contributed by atoms with van der Waals surface area (Å²) in [5.74, 6) is -1.99. The summed E-state index contributed by atoms with van der Waals surface area (Å²) in [7, 11) is -4.03. The van der Waals surface area contributed by atoms with Gasteiger partial charge in [0.15, 0.2) is 11.6 Å². The van der Waals surface area contributed by atoms with Crippen LogP contribution in [0.2, 0.25) is 0 Å². The molecule has 61 heavy (non-hydrogen) atoms. The number of ketones is 2. The van der Waals surface area contributed by atoms with Gasteiger partial charge in [-0.15, -0.1) is 0 Å². The minimum absolute atomic E-state index is 0.0124. The topological polar surface area (TPSA) is 153 Å².